The van der Waals surface area contributed by atoms with Gasteiger partial charge in [-0.05, 0) is 6.92 Å². The molecule has 5 nitrogen and oxygen atoms in total. The summed E-state index contributed by atoms with van der Waals surface area (Å²) in [5.41, 5.74) is 3.98. The molecule has 0 aliphatic heterocycles. The van der Waals surface area contributed by atoms with E-state index in [0.717, 1.165) is 41.1 Å². The first-order valence-corrected chi connectivity index (χ1v) is 10.8. The van der Waals surface area contributed by atoms with Crippen molar-refractivity contribution >= 4 is 29.7 Å². The second-order valence-electron chi connectivity index (χ2n) is 7.76. The van der Waals surface area contributed by atoms with Crippen LogP contribution in [0.5, 0.6) is 0 Å². The number of carbonyl (C=O) groups is 1. The van der Waals surface area contributed by atoms with Crippen molar-refractivity contribution < 1.29 is 18.0 Å². The van der Waals surface area contributed by atoms with Gasteiger partial charge in [0.2, 0.25) is 0 Å². The van der Waals surface area contributed by atoms with Crippen LogP contribution in [0.15, 0.2) is 85.9 Å². The topological polar surface area (TPSA) is 59.0 Å². The molecular weight excluding hydrogens is 452 g/mol. The van der Waals surface area contributed by atoms with Gasteiger partial charge >= 0.3 is 145 Å². The second-order valence-corrected chi connectivity index (χ2v) is 7.76. The molecule has 0 fully saturated rings. The third-order valence-electron chi connectivity index (χ3n) is 4.72. The van der Waals surface area contributed by atoms with E-state index in [1.165, 1.54) is 12.1 Å². The molecule has 9 heteroatoms. The van der Waals surface area contributed by atoms with Crippen LogP contribution in [0.4, 0.5) is 24.4 Å². The van der Waals surface area contributed by atoms with Crippen LogP contribution in [0.2, 0.25) is 0 Å². The van der Waals surface area contributed by atoms with Crippen molar-refractivity contribution in [2.24, 2.45) is 7.05 Å². The van der Waals surface area contributed by atoms with Gasteiger partial charge in [-0.1, -0.05) is 6.58 Å². The molecule has 0 unspecified atom stereocenters. The average molecular weight is 480 g/mol. The summed E-state index contributed by atoms with van der Waals surface area (Å²) in [6, 6.07) is 11.0. The molecule has 2 N–H and O–H groups in total. The molecule has 3 aromatic rings. The summed E-state index contributed by atoms with van der Waals surface area (Å²) in [5.74, 6) is -0.373. The van der Waals surface area contributed by atoms with E-state index in [9.17, 15) is 18.0 Å². The van der Waals surface area contributed by atoms with Gasteiger partial charge < -0.3 is 5.32 Å². The van der Waals surface area contributed by atoms with Crippen LogP contribution in [-0.2, 0) is 24.4 Å². The van der Waals surface area contributed by atoms with Crippen molar-refractivity contribution in [2.75, 3.05) is 10.6 Å². The number of amides is 1. The Balaban J connectivity index is 0.000000360. The van der Waals surface area contributed by atoms with Gasteiger partial charge in [0.1, 0.15) is 0 Å². The molecule has 1 amide bonds. The molecule has 0 aliphatic rings. The molecule has 2 heterocycles. The zero-order valence-electron chi connectivity index (χ0n) is 20.0. The molecule has 0 saturated heterocycles. The van der Waals surface area contributed by atoms with E-state index in [1.54, 1.807) is 17.0 Å². The normalized spacial score (nSPS) is 11.1. The molecule has 35 heavy (non-hydrogen) atoms. The van der Waals surface area contributed by atoms with Gasteiger partial charge in [0.15, 0.2) is 0 Å². The van der Waals surface area contributed by atoms with Crippen LogP contribution in [0.1, 0.15) is 30.4 Å². The maximum atomic E-state index is 12.7. The third kappa shape index (κ3) is 9.12. The van der Waals surface area contributed by atoms with Crippen molar-refractivity contribution in [1.82, 2.24) is 9.78 Å². The summed E-state index contributed by atoms with van der Waals surface area (Å²) >= 11 is 0. The molecular formula is C26H28BF3N4O. The van der Waals surface area contributed by atoms with E-state index in [1.807, 2.05) is 57.4 Å². The number of benzene rings is 1. The van der Waals surface area contributed by atoms with E-state index >= 15 is 0 Å². The first-order valence-electron chi connectivity index (χ1n) is 10.8. The Morgan fingerprint density at radius 2 is 1.86 bits per heavy atom. The van der Waals surface area contributed by atoms with Crippen LogP contribution in [-0.4, -0.2) is 22.6 Å². The van der Waals surface area contributed by atoms with Crippen LogP contribution in [0, 0.1) is 0 Å². The molecule has 0 spiro atoms. The first-order chi connectivity index (χ1) is 16.5. The number of carbonyl (C=O) groups excluding carboxylic acids is 1. The molecule has 3 rings (SSSR count). The van der Waals surface area contributed by atoms with Crippen molar-refractivity contribution in [2.45, 2.75) is 26.4 Å². The fraction of sp³-hybridized carbons (Fsp3) is 0.192. The Kier molecular flexibility index (Phi) is 9.81. The summed E-state index contributed by atoms with van der Waals surface area (Å²) in [6.45, 7) is 12.2. The minimum absolute atomic E-state index is 0.0792. The molecule has 0 saturated carbocycles. The molecule has 2 aromatic heterocycles. The molecule has 182 valence electrons. The van der Waals surface area contributed by atoms with Gasteiger partial charge in [-0.3, -0.25) is 4.68 Å². The van der Waals surface area contributed by atoms with Crippen molar-refractivity contribution in [3.05, 3.63) is 102 Å². The number of nitrogens with zero attached hydrogens (tertiary/aromatic N) is 2. The Labute approximate surface area is 204 Å². The summed E-state index contributed by atoms with van der Waals surface area (Å²) in [5, 5.41) is 9.53. The number of rotatable bonds is 7. The molecule has 0 bridgehead atoms. The van der Waals surface area contributed by atoms with Gasteiger partial charge in [-0.25, -0.2) is 0 Å². The minimum atomic E-state index is -4.44. The number of halogens is 3. The number of aryl methyl sites for hydroxylation is 1. The predicted molar refractivity (Wildman–Crippen MR) is 137 cm³/mol. The molecule has 0 aliphatic carbocycles. The number of allylic oxidation sites excluding steroid dienone is 4. The Morgan fingerprint density at radius 3 is 2.37 bits per heavy atom. The summed E-state index contributed by atoms with van der Waals surface area (Å²) in [6.07, 6.45) is 2.98. The van der Waals surface area contributed by atoms with E-state index in [4.69, 9.17) is 0 Å². The summed E-state index contributed by atoms with van der Waals surface area (Å²) < 4.78 is 39.8. The van der Waals surface area contributed by atoms with Crippen molar-refractivity contribution in [1.29, 1.82) is 0 Å². The van der Waals surface area contributed by atoms with E-state index in [0.29, 0.717) is 0 Å². The Morgan fingerprint density at radius 1 is 1.17 bits per heavy atom. The third-order valence-corrected chi connectivity index (χ3v) is 4.72. The quantitative estimate of drug-likeness (QED) is 0.397. The fourth-order valence-corrected chi connectivity index (χ4v) is 3.11. The van der Waals surface area contributed by atoms with Gasteiger partial charge in [0.25, 0.3) is 0 Å². The van der Waals surface area contributed by atoms with Gasteiger partial charge in [-0.15, -0.1) is 0 Å². The zero-order chi connectivity index (χ0) is 26.0. The van der Waals surface area contributed by atoms with Crippen LogP contribution in [0.25, 0.3) is 5.57 Å². The van der Waals surface area contributed by atoms with E-state index in [-0.39, 0.29) is 17.9 Å². The number of nitrogens with one attached hydrogen (secondary N) is 2. The summed E-state index contributed by atoms with van der Waals surface area (Å²) in [4.78, 5) is 12.1. The average Bonchev–Trinajstić information content (AvgIpc) is 3.19. The standard InChI is InChI=1S/C19H17BF3NO.C7H11N3/c1-3-14(4-2)15-10-8-13(9-11-15)12-18(25)24-17-7-5-6-16(20-17)19(21,22)23;1-6(2)9-7-4-8-10(3)5-7/h3-11H,1,12H2,2H3,(H,24,25);4-5,9H,1H2,2-3H3/b14-4+;. The fourth-order valence-electron chi connectivity index (χ4n) is 3.11. The van der Waals surface area contributed by atoms with Gasteiger partial charge in [0, 0.05) is 18.9 Å². The maximum absolute atomic E-state index is 12.7. The van der Waals surface area contributed by atoms with E-state index in [2.05, 4.69) is 28.9 Å². The number of anilines is 2. The number of aromatic nitrogens is 2. The monoisotopic (exact) mass is 480 g/mol. The summed E-state index contributed by atoms with van der Waals surface area (Å²) in [7, 11) is 1.88. The SMILES string of the molecule is C=C(C)Nc1cnn(C)c1.C=C/C(=C\C)c1ccc(CC(=O)Nc2bc(C(F)(F)F)ccc2)cc1. The second kappa shape index (κ2) is 12.5. The van der Waals surface area contributed by atoms with Crippen molar-refractivity contribution in [3.63, 3.8) is 0 Å². The Bertz CT molecular complexity index is 1200. The van der Waals surface area contributed by atoms with Gasteiger partial charge in [-0.2, -0.15) is 5.10 Å². The molecule has 0 radical (unpaired) electrons. The molecule has 1 aromatic carbocycles. The van der Waals surface area contributed by atoms with Crippen LogP contribution in [0.3, 0.4) is 0 Å². The van der Waals surface area contributed by atoms with Crippen LogP contribution < -0.4 is 10.6 Å². The van der Waals surface area contributed by atoms with Gasteiger partial charge in [0.05, 0.1) is 11.9 Å². The zero-order valence-corrected chi connectivity index (χ0v) is 20.0. The molecule has 0 atom stereocenters. The number of alkyl halides is 3. The van der Waals surface area contributed by atoms with Crippen LogP contribution >= 0.6 is 0 Å². The number of hydrogen-bond acceptors (Lipinski definition) is 3. The first kappa shape index (κ1) is 27.4. The Hall–Kier alpha value is -3.88. The number of hydrogen-bond donors (Lipinski definition) is 2. The van der Waals surface area contributed by atoms with E-state index < -0.39 is 11.6 Å². The predicted octanol–water partition coefficient (Wildman–Crippen LogP) is 6.18. The van der Waals surface area contributed by atoms with Crippen molar-refractivity contribution in [3.8, 4) is 0 Å².